The van der Waals surface area contributed by atoms with Crippen molar-refractivity contribution in [3.63, 3.8) is 0 Å². The Morgan fingerprint density at radius 1 is 1.26 bits per heavy atom. The van der Waals surface area contributed by atoms with Crippen LogP contribution in [-0.2, 0) is 12.8 Å². The summed E-state index contributed by atoms with van der Waals surface area (Å²) in [6.45, 7) is 1.45. The third-order valence-electron chi connectivity index (χ3n) is 4.54. The van der Waals surface area contributed by atoms with Gasteiger partial charge in [-0.05, 0) is 55.7 Å². The molecule has 0 bridgehead atoms. The molecular weight excluding hydrogens is 236 g/mol. The molecule has 1 aromatic carbocycles. The second-order valence-corrected chi connectivity index (χ2v) is 5.68. The second-order valence-electron chi connectivity index (χ2n) is 5.68. The summed E-state index contributed by atoms with van der Waals surface area (Å²) in [4.78, 5) is 14.8. The first-order chi connectivity index (χ1) is 9.31. The second kappa shape index (κ2) is 5.33. The fraction of sp³-hybridized carbons (Fsp3) is 0.562. The van der Waals surface area contributed by atoms with Gasteiger partial charge >= 0.3 is 0 Å². The molecule has 1 aromatic rings. The minimum Gasteiger partial charge on any atom is -0.334 e. The van der Waals surface area contributed by atoms with Crippen molar-refractivity contribution in [1.82, 2.24) is 4.90 Å². The number of nitrogens with two attached hydrogens (primary N) is 1. The number of carbonyl (C=O) groups excluding carboxylic acids is 1. The van der Waals surface area contributed by atoms with Gasteiger partial charge in [-0.15, -0.1) is 0 Å². The molecule has 1 heterocycles. The topological polar surface area (TPSA) is 46.3 Å². The number of amides is 1. The molecule has 1 aliphatic heterocycles. The number of piperidine rings is 1. The highest BCUT2D eigenvalue weighted by Crippen LogP contribution is 2.28. The Morgan fingerprint density at radius 3 is 3.00 bits per heavy atom. The molecule has 0 radical (unpaired) electrons. The van der Waals surface area contributed by atoms with E-state index in [-0.39, 0.29) is 11.9 Å². The number of nitrogens with zero attached hydrogens (tertiary/aromatic N) is 1. The molecule has 0 aromatic heterocycles. The predicted molar refractivity (Wildman–Crippen MR) is 76.2 cm³/mol. The Kier molecular flexibility index (Phi) is 3.56. The van der Waals surface area contributed by atoms with E-state index in [0.29, 0.717) is 6.54 Å². The van der Waals surface area contributed by atoms with Crippen molar-refractivity contribution in [3.05, 3.63) is 34.9 Å². The minimum atomic E-state index is 0.203. The van der Waals surface area contributed by atoms with Gasteiger partial charge in [0.1, 0.15) is 0 Å². The van der Waals surface area contributed by atoms with Gasteiger partial charge in [-0.25, -0.2) is 0 Å². The van der Waals surface area contributed by atoms with Crippen molar-refractivity contribution in [2.24, 2.45) is 5.73 Å². The van der Waals surface area contributed by atoms with E-state index in [2.05, 4.69) is 6.07 Å². The standard InChI is InChI=1S/C16H22N2O/c17-11-13-7-1-2-10-18(13)16(19)15-9-4-6-12-5-3-8-14(12)15/h4,6,9,13H,1-3,5,7-8,10-11,17H2. The Morgan fingerprint density at radius 2 is 2.16 bits per heavy atom. The van der Waals surface area contributed by atoms with Crippen molar-refractivity contribution in [2.75, 3.05) is 13.1 Å². The maximum atomic E-state index is 12.8. The molecule has 3 nitrogen and oxygen atoms in total. The van der Waals surface area contributed by atoms with E-state index < -0.39 is 0 Å². The first-order valence-corrected chi connectivity index (χ1v) is 7.43. The van der Waals surface area contributed by atoms with Crippen LogP contribution in [0.3, 0.4) is 0 Å². The van der Waals surface area contributed by atoms with Crippen molar-refractivity contribution in [2.45, 2.75) is 44.6 Å². The highest BCUT2D eigenvalue weighted by molar-refractivity contribution is 5.96. The molecule has 2 N–H and O–H groups in total. The van der Waals surface area contributed by atoms with E-state index in [1.807, 2.05) is 17.0 Å². The molecule has 1 fully saturated rings. The van der Waals surface area contributed by atoms with Crippen LogP contribution in [0.4, 0.5) is 0 Å². The molecule has 1 atom stereocenters. The number of carbonyl (C=O) groups is 1. The lowest BCUT2D eigenvalue weighted by Crippen LogP contribution is -2.47. The van der Waals surface area contributed by atoms with Crippen LogP contribution in [0.5, 0.6) is 0 Å². The summed E-state index contributed by atoms with van der Waals surface area (Å²) in [5.41, 5.74) is 9.41. The fourth-order valence-corrected chi connectivity index (χ4v) is 3.49. The molecule has 1 amide bonds. The average Bonchev–Trinajstić information content (AvgIpc) is 2.94. The first-order valence-electron chi connectivity index (χ1n) is 7.43. The SMILES string of the molecule is NCC1CCCCN1C(=O)c1cccc2c1CCC2. The molecule has 3 rings (SSSR count). The number of likely N-dealkylation sites (tertiary alicyclic amines) is 1. The molecule has 1 aliphatic carbocycles. The Hall–Kier alpha value is -1.35. The maximum absolute atomic E-state index is 12.8. The molecule has 0 saturated carbocycles. The molecule has 3 heteroatoms. The normalized spacial score (nSPS) is 22.4. The van der Waals surface area contributed by atoms with Gasteiger partial charge in [-0.2, -0.15) is 0 Å². The van der Waals surface area contributed by atoms with Crippen molar-refractivity contribution < 1.29 is 4.79 Å². The fourth-order valence-electron chi connectivity index (χ4n) is 3.49. The van der Waals surface area contributed by atoms with Crippen LogP contribution in [0.2, 0.25) is 0 Å². The summed E-state index contributed by atoms with van der Waals surface area (Å²) in [6.07, 6.45) is 6.71. The number of aryl methyl sites for hydroxylation is 1. The van der Waals surface area contributed by atoms with Gasteiger partial charge < -0.3 is 10.6 Å². The summed E-state index contributed by atoms with van der Waals surface area (Å²) in [5, 5.41) is 0. The van der Waals surface area contributed by atoms with Gasteiger partial charge in [-0.3, -0.25) is 4.79 Å². The van der Waals surface area contributed by atoms with Gasteiger partial charge in [0.25, 0.3) is 5.91 Å². The van der Waals surface area contributed by atoms with Gasteiger partial charge in [0.05, 0.1) is 0 Å². The van der Waals surface area contributed by atoms with E-state index in [4.69, 9.17) is 5.73 Å². The molecular formula is C16H22N2O. The summed E-state index contributed by atoms with van der Waals surface area (Å²) in [7, 11) is 0. The Labute approximate surface area is 114 Å². The van der Waals surface area contributed by atoms with Crippen LogP contribution < -0.4 is 5.73 Å². The van der Waals surface area contributed by atoms with Gasteiger partial charge in [0.2, 0.25) is 0 Å². The summed E-state index contributed by atoms with van der Waals surface area (Å²) < 4.78 is 0. The smallest absolute Gasteiger partial charge is 0.254 e. The molecule has 1 saturated heterocycles. The van der Waals surface area contributed by atoms with Crippen LogP contribution >= 0.6 is 0 Å². The van der Waals surface area contributed by atoms with Crippen LogP contribution in [0.15, 0.2) is 18.2 Å². The van der Waals surface area contributed by atoms with E-state index in [1.165, 1.54) is 24.0 Å². The zero-order chi connectivity index (χ0) is 13.2. The van der Waals surface area contributed by atoms with Crippen molar-refractivity contribution in [3.8, 4) is 0 Å². The third kappa shape index (κ3) is 2.27. The largest absolute Gasteiger partial charge is 0.334 e. The maximum Gasteiger partial charge on any atom is 0.254 e. The highest BCUT2D eigenvalue weighted by atomic mass is 16.2. The molecule has 19 heavy (non-hydrogen) atoms. The average molecular weight is 258 g/mol. The van der Waals surface area contributed by atoms with Crippen molar-refractivity contribution in [1.29, 1.82) is 0 Å². The molecule has 1 unspecified atom stereocenters. The molecule has 0 spiro atoms. The van der Waals surface area contributed by atoms with Crippen LogP contribution in [-0.4, -0.2) is 29.9 Å². The lowest BCUT2D eigenvalue weighted by molar-refractivity contribution is 0.0622. The van der Waals surface area contributed by atoms with Gasteiger partial charge in [-0.1, -0.05) is 12.1 Å². The first kappa shape index (κ1) is 12.7. The van der Waals surface area contributed by atoms with E-state index >= 15 is 0 Å². The van der Waals surface area contributed by atoms with Gasteiger partial charge in [0, 0.05) is 24.7 Å². The number of fused-ring (bicyclic) bond motifs is 1. The van der Waals surface area contributed by atoms with E-state index in [1.54, 1.807) is 0 Å². The van der Waals surface area contributed by atoms with Crippen LogP contribution in [0, 0.1) is 0 Å². The van der Waals surface area contributed by atoms with E-state index in [9.17, 15) is 4.79 Å². The summed E-state index contributed by atoms with van der Waals surface area (Å²) in [5.74, 6) is 0.203. The molecule has 2 aliphatic rings. The Bertz CT molecular complexity index is 484. The monoisotopic (exact) mass is 258 g/mol. The van der Waals surface area contributed by atoms with Crippen molar-refractivity contribution >= 4 is 5.91 Å². The van der Waals surface area contributed by atoms with Crippen LogP contribution in [0.25, 0.3) is 0 Å². The summed E-state index contributed by atoms with van der Waals surface area (Å²) in [6, 6.07) is 6.42. The molecule has 102 valence electrons. The number of hydrogen-bond donors (Lipinski definition) is 1. The third-order valence-corrected chi connectivity index (χ3v) is 4.54. The Balaban J connectivity index is 1.89. The zero-order valence-corrected chi connectivity index (χ0v) is 11.4. The minimum absolute atomic E-state index is 0.203. The highest BCUT2D eigenvalue weighted by Gasteiger charge is 2.28. The number of hydrogen-bond acceptors (Lipinski definition) is 2. The lowest BCUT2D eigenvalue weighted by Gasteiger charge is -2.35. The predicted octanol–water partition coefficient (Wildman–Crippen LogP) is 2.13. The van der Waals surface area contributed by atoms with Gasteiger partial charge in [0.15, 0.2) is 0 Å². The summed E-state index contributed by atoms with van der Waals surface area (Å²) >= 11 is 0. The quantitative estimate of drug-likeness (QED) is 0.883. The number of rotatable bonds is 2. The van der Waals surface area contributed by atoms with E-state index in [0.717, 1.165) is 37.8 Å². The van der Waals surface area contributed by atoms with Crippen LogP contribution in [0.1, 0.15) is 47.2 Å². The number of benzene rings is 1. The zero-order valence-electron chi connectivity index (χ0n) is 11.4. The lowest BCUT2D eigenvalue weighted by atomic mass is 9.98.